The van der Waals surface area contributed by atoms with Gasteiger partial charge in [-0.2, -0.15) is 0 Å². The van der Waals surface area contributed by atoms with Crippen LogP contribution < -0.4 is 4.90 Å². The average Bonchev–Trinajstić information content (AvgIpc) is 2.84. The van der Waals surface area contributed by atoms with Crippen LogP contribution in [0, 0.1) is 0 Å². The first kappa shape index (κ1) is 18.5. The zero-order valence-electron chi connectivity index (χ0n) is 14.5. The molecular formula is C21H20BrNO3. The van der Waals surface area contributed by atoms with Gasteiger partial charge >= 0.3 is 0 Å². The summed E-state index contributed by atoms with van der Waals surface area (Å²) in [5.41, 5.74) is 0.792. The minimum atomic E-state index is -1.87. The van der Waals surface area contributed by atoms with Crippen molar-refractivity contribution in [1.82, 2.24) is 0 Å². The number of benzene rings is 2. The molecule has 0 saturated carbocycles. The van der Waals surface area contributed by atoms with Crippen molar-refractivity contribution in [3.63, 3.8) is 0 Å². The Bertz CT molecular complexity index is 875. The number of nitrogens with zero attached hydrogens (tertiary/aromatic N) is 1. The summed E-state index contributed by atoms with van der Waals surface area (Å²) in [5.74, 6) is -0.765. The fraction of sp³-hybridized carbons (Fsp3) is 0.238. The van der Waals surface area contributed by atoms with Gasteiger partial charge in [0, 0.05) is 22.1 Å². The second kappa shape index (κ2) is 7.17. The molecule has 134 valence electrons. The quantitative estimate of drug-likeness (QED) is 0.574. The molecule has 1 aliphatic heterocycles. The highest BCUT2D eigenvalue weighted by molar-refractivity contribution is 9.10. The predicted molar refractivity (Wildman–Crippen MR) is 105 cm³/mol. The fourth-order valence-corrected chi connectivity index (χ4v) is 3.63. The van der Waals surface area contributed by atoms with E-state index in [1.807, 2.05) is 19.1 Å². The Kier molecular flexibility index (Phi) is 5.12. The van der Waals surface area contributed by atoms with Crippen LogP contribution in [0.5, 0.6) is 0 Å². The number of carbonyl (C=O) groups is 2. The molecule has 0 spiro atoms. The lowest BCUT2D eigenvalue weighted by Gasteiger charge is -2.22. The topological polar surface area (TPSA) is 57.6 Å². The number of carbonyl (C=O) groups excluding carboxylic acids is 2. The fourth-order valence-electron chi connectivity index (χ4n) is 3.26. The molecule has 2 aromatic rings. The van der Waals surface area contributed by atoms with Crippen molar-refractivity contribution >= 4 is 33.3 Å². The molecule has 5 heteroatoms. The summed E-state index contributed by atoms with van der Waals surface area (Å²) in [5, 5.41) is 11.2. The Morgan fingerprint density at radius 2 is 1.96 bits per heavy atom. The SMILES string of the molecule is C=CCN1C(=O)C(O)(CC(=O)c2ccc(CC)cc2)c2cc(Br)ccc21. The second-order valence-electron chi connectivity index (χ2n) is 6.38. The molecule has 0 radical (unpaired) electrons. The molecule has 0 aliphatic carbocycles. The van der Waals surface area contributed by atoms with Crippen LogP contribution in [0.2, 0.25) is 0 Å². The molecule has 1 unspecified atom stereocenters. The van der Waals surface area contributed by atoms with Crippen molar-refractivity contribution in [2.45, 2.75) is 25.4 Å². The first-order chi connectivity index (χ1) is 12.4. The van der Waals surface area contributed by atoms with E-state index in [0.717, 1.165) is 16.5 Å². The van der Waals surface area contributed by atoms with E-state index in [9.17, 15) is 14.7 Å². The van der Waals surface area contributed by atoms with E-state index in [1.165, 1.54) is 4.90 Å². The maximum absolute atomic E-state index is 12.9. The van der Waals surface area contributed by atoms with Crippen molar-refractivity contribution in [2.75, 3.05) is 11.4 Å². The third-order valence-electron chi connectivity index (χ3n) is 4.71. The van der Waals surface area contributed by atoms with E-state index in [4.69, 9.17) is 0 Å². The van der Waals surface area contributed by atoms with Gasteiger partial charge in [0.15, 0.2) is 11.4 Å². The van der Waals surface area contributed by atoms with E-state index >= 15 is 0 Å². The van der Waals surface area contributed by atoms with Crippen LogP contribution in [0.1, 0.15) is 34.8 Å². The van der Waals surface area contributed by atoms with Gasteiger partial charge in [-0.05, 0) is 30.2 Å². The van der Waals surface area contributed by atoms with E-state index in [1.54, 1.807) is 36.4 Å². The summed E-state index contributed by atoms with van der Waals surface area (Å²) in [7, 11) is 0. The Hall–Kier alpha value is -2.24. The van der Waals surface area contributed by atoms with E-state index in [2.05, 4.69) is 22.5 Å². The third kappa shape index (κ3) is 3.13. The highest BCUT2D eigenvalue weighted by Crippen LogP contribution is 2.44. The molecule has 26 heavy (non-hydrogen) atoms. The van der Waals surface area contributed by atoms with Crippen molar-refractivity contribution in [3.05, 3.63) is 76.3 Å². The molecule has 4 nitrogen and oxygen atoms in total. The number of rotatable bonds is 6. The Balaban J connectivity index is 1.97. The number of aryl methyl sites for hydroxylation is 1. The van der Waals surface area contributed by atoms with Gasteiger partial charge in [-0.25, -0.2) is 0 Å². The summed E-state index contributed by atoms with van der Waals surface area (Å²) < 4.78 is 0.739. The molecule has 0 saturated heterocycles. The number of Topliss-reactive ketones (excluding diaryl/α,β-unsaturated/α-hetero) is 1. The van der Waals surface area contributed by atoms with Crippen molar-refractivity contribution in [1.29, 1.82) is 0 Å². The van der Waals surface area contributed by atoms with Gasteiger partial charge in [0.2, 0.25) is 0 Å². The van der Waals surface area contributed by atoms with Crippen LogP contribution in [0.4, 0.5) is 5.69 Å². The third-order valence-corrected chi connectivity index (χ3v) is 5.20. The van der Waals surface area contributed by atoms with Crippen LogP contribution in [0.15, 0.2) is 59.6 Å². The van der Waals surface area contributed by atoms with Crippen LogP contribution in [-0.2, 0) is 16.8 Å². The summed E-state index contributed by atoms with van der Waals surface area (Å²) in [6.07, 6.45) is 2.18. The molecule has 1 atom stereocenters. The lowest BCUT2D eigenvalue weighted by Crippen LogP contribution is -2.41. The largest absolute Gasteiger partial charge is 0.375 e. The molecular weight excluding hydrogens is 394 g/mol. The van der Waals surface area contributed by atoms with Crippen molar-refractivity contribution in [2.24, 2.45) is 0 Å². The first-order valence-corrected chi connectivity index (χ1v) is 9.27. The van der Waals surface area contributed by atoms with Gasteiger partial charge in [0.1, 0.15) is 0 Å². The number of hydrogen-bond donors (Lipinski definition) is 1. The first-order valence-electron chi connectivity index (χ1n) is 8.48. The molecule has 2 aromatic carbocycles. The number of aliphatic hydroxyl groups is 1. The maximum Gasteiger partial charge on any atom is 0.264 e. The standard InChI is InChI=1S/C21H20BrNO3/c1-3-11-23-18-10-9-16(22)12-17(18)21(26,20(23)25)13-19(24)15-7-5-14(4-2)6-8-15/h3,5-10,12,26H,1,4,11,13H2,2H3. The number of fused-ring (bicyclic) bond motifs is 1. The minimum absolute atomic E-state index is 0.269. The van der Waals surface area contributed by atoms with E-state index in [0.29, 0.717) is 16.8 Å². The summed E-state index contributed by atoms with van der Waals surface area (Å²) in [6, 6.07) is 12.5. The van der Waals surface area contributed by atoms with Gasteiger partial charge in [-0.1, -0.05) is 53.2 Å². The molecule has 0 aromatic heterocycles. The molecule has 0 bridgehead atoms. The lowest BCUT2D eigenvalue weighted by atomic mass is 9.88. The summed E-state index contributed by atoms with van der Waals surface area (Å²) >= 11 is 3.38. The highest BCUT2D eigenvalue weighted by atomic mass is 79.9. The van der Waals surface area contributed by atoms with Crippen molar-refractivity contribution < 1.29 is 14.7 Å². The van der Waals surface area contributed by atoms with Crippen molar-refractivity contribution in [3.8, 4) is 0 Å². The summed E-state index contributed by atoms with van der Waals surface area (Å²) in [4.78, 5) is 27.1. The zero-order chi connectivity index (χ0) is 18.9. The van der Waals surface area contributed by atoms with E-state index < -0.39 is 11.5 Å². The molecule has 1 amide bonds. The van der Waals surface area contributed by atoms with Gasteiger partial charge in [0.25, 0.3) is 5.91 Å². The zero-order valence-corrected chi connectivity index (χ0v) is 16.1. The normalized spacial score (nSPS) is 18.7. The number of hydrogen-bond acceptors (Lipinski definition) is 3. The monoisotopic (exact) mass is 413 g/mol. The average molecular weight is 414 g/mol. The van der Waals surface area contributed by atoms with Crippen LogP contribution >= 0.6 is 15.9 Å². The van der Waals surface area contributed by atoms with Gasteiger partial charge in [-0.15, -0.1) is 6.58 Å². The van der Waals surface area contributed by atoms with Crippen LogP contribution in [0.3, 0.4) is 0 Å². The number of amides is 1. The number of anilines is 1. The predicted octanol–water partition coefficient (Wildman–Crippen LogP) is 4.00. The van der Waals surface area contributed by atoms with Gasteiger partial charge in [-0.3, -0.25) is 9.59 Å². The minimum Gasteiger partial charge on any atom is -0.375 e. The Morgan fingerprint density at radius 1 is 1.27 bits per heavy atom. The molecule has 3 rings (SSSR count). The molecule has 1 heterocycles. The Labute approximate surface area is 161 Å². The number of ketones is 1. The number of halogens is 1. The second-order valence-corrected chi connectivity index (χ2v) is 7.29. The molecule has 1 N–H and O–H groups in total. The highest BCUT2D eigenvalue weighted by Gasteiger charge is 2.50. The molecule has 0 fully saturated rings. The van der Waals surface area contributed by atoms with E-state index in [-0.39, 0.29) is 18.7 Å². The Morgan fingerprint density at radius 3 is 2.58 bits per heavy atom. The molecule has 1 aliphatic rings. The summed E-state index contributed by atoms with van der Waals surface area (Å²) in [6.45, 7) is 5.98. The lowest BCUT2D eigenvalue weighted by molar-refractivity contribution is -0.135. The van der Waals surface area contributed by atoms with Gasteiger partial charge in [0.05, 0.1) is 12.1 Å². The smallest absolute Gasteiger partial charge is 0.264 e. The van der Waals surface area contributed by atoms with Gasteiger partial charge < -0.3 is 10.0 Å². The van der Waals surface area contributed by atoms with Crippen LogP contribution in [0.25, 0.3) is 0 Å². The van der Waals surface area contributed by atoms with Crippen LogP contribution in [-0.4, -0.2) is 23.3 Å². The maximum atomic E-state index is 12.9.